The van der Waals surface area contributed by atoms with Crippen LogP contribution in [0.1, 0.15) is 33.6 Å². The number of amides is 1. The van der Waals surface area contributed by atoms with Gasteiger partial charge in [0.1, 0.15) is 5.60 Å². The van der Waals surface area contributed by atoms with Crippen LogP contribution in [-0.2, 0) is 4.74 Å². The Morgan fingerprint density at radius 2 is 2.24 bits per heavy atom. The van der Waals surface area contributed by atoms with E-state index >= 15 is 0 Å². The first kappa shape index (κ1) is 14.3. The number of nitrogens with one attached hydrogen (secondary N) is 1. The molecule has 100 valence electrons. The minimum Gasteiger partial charge on any atom is -0.444 e. The summed E-state index contributed by atoms with van der Waals surface area (Å²) in [5, 5.41) is 12.1. The summed E-state index contributed by atoms with van der Waals surface area (Å²) in [5.74, 6) is 0. The molecule has 5 heteroatoms. The summed E-state index contributed by atoms with van der Waals surface area (Å²) in [6.07, 6.45) is 1.41. The topological polar surface area (TPSA) is 61.8 Å². The molecule has 1 saturated heterocycles. The highest BCUT2D eigenvalue weighted by Gasteiger charge is 2.26. The van der Waals surface area contributed by atoms with Crippen LogP contribution in [0, 0.1) is 0 Å². The van der Waals surface area contributed by atoms with Crippen LogP contribution in [0.5, 0.6) is 0 Å². The third-order valence-electron chi connectivity index (χ3n) is 2.62. The first-order valence-electron chi connectivity index (χ1n) is 6.24. The van der Waals surface area contributed by atoms with Crippen LogP contribution < -0.4 is 5.32 Å². The van der Waals surface area contributed by atoms with E-state index in [-0.39, 0.29) is 18.7 Å². The van der Waals surface area contributed by atoms with Crippen molar-refractivity contribution in [1.82, 2.24) is 10.2 Å². The second kappa shape index (κ2) is 6.21. The fraction of sp³-hybridized carbons (Fsp3) is 0.917. The van der Waals surface area contributed by atoms with Crippen LogP contribution in [-0.4, -0.2) is 54.0 Å². The molecule has 2 N–H and O–H groups in total. The molecule has 1 aliphatic rings. The number of rotatable bonds is 3. The molecule has 1 aliphatic heterocycles. The average Bonchev–Trinajstić information content (AvgIpc) is 2.24. The van der Waals surface area contributed by atoms with Gasteiger partial charge in [-0.1, -0.05) is 0 Å². The fourth-order valence-corrected chi connectivity index (χ4v) is 1.85. The van der Waals surface area contributed by atoms with Crippen molar-refractivity contribution in [1.29, 1.82) is 0 Å². The molecule has 0 aromatic heterocycles. The Kier molecular flexibility index (Phi) is 5.21. The molecular weight excluding hydrogens is 220 g/mol. The summed E-state index contributed by atoms with van der Waals surface area (Å²) in [7, 11) is 0. The summed E-state index contributed by atoms with van der Waals surface area (Å²) < 4.78 is 5.34. The number of ether oxygens (including phenoxy) is 1. The number of aliphatic hydroxyl groups excluding tert-OH is 1. The quantitative estimate of drug-likeness (QED) is 0.776. The number of carbonyl (C=O) groups is 1. The second-order valence-electron chi connectivity index (χ2n) is 5.44. The van der Waals surface area contributed by atoms with Gasteiger partial charge in [-0.3, -0.25) is 0 Å². The van der Waals surface area contributed by atoms with Gasteiger partial charge in [0.15, 0.2) is 0 Å². The lowest BCUT2D eigenvalue weighted by atomic mass is 10.1. The van der Waals surface area contributed by atoms with Gasteiger partial charge in [-0.25, -0.2) is 4.79 Å². The number of aliphatic hydroxyl groups is 1. The molecule has 1 heterocycles. The predicted octanol–water partition coefficient (Wildman–Crippen LogP) is 0.968. The third kappa shape index (κ3) is 5.37. The van der Waals surface area contributed by atoms with Crippen molar-refractivity contribution in [3.8, 4) is 0 Å². The van der Waals surface area contributed by atoms with Gasteiger partial charge in [0.05, 0.1) is 0 Å². The lowest BCUT2D eigenvalue weighted by Crippen LogP contribution is -2.53. The molecule has 0 aliphatic carbocycles. The van der Waals surface area contributed by atoms with Crippen LogP contribution in [0.3, 0.4) is 0 Å². The van der Waals surface area contributed by atoms with Crippen LogP contribution >= 0.6 is 0 Å². The second-order valence-corrected chi connectivity index (χ2v) is 5.44. The Labute approximate surface area is 103 Å². The van der Waals surface area contributed by atoms with Gasteiger partial charge in [-0.15, -0.1) is 0 Å². The Morgan fingerprint density at radius 1 is 1.53 bits per heavy atom. The highest BCUT2D eigenvalue weighted by molar-refractivity contribution is 5.68. The molecule has 1 amide bonds. The molecule has 1 unspecified atom stereocenters. The van der Waals surface area contributed by atoms with Crippen molar-refractivity contribution >= 4 is 6.09 Å². The van der Waals surface area contributed by atoms with Crippen molar-refractivity contribution in [3.63, 3.8) is 0 Å². The van der Waals surface area contributed by atoms with E-state index < -0.39 is 5.60 Å². The van der Waals surface area contributed by atoms with E-state index in [4.69, 9.17) is 9.84 Å². The van der Waals surface area contributed by atoms with E-state index in [9.17, 15) is 4.79 Å². The first-order valence-corrected chi connectivity index (χ1v) is 6.24. The van der Waals surface area contributed by atoms with Gasteiger partial charge in [-0.2, -0.15) is 0 Å². The molecule has 17 heavy (non-hydrogen) atoms. The van der Waals surface area contributed by atoms with Gasteiger partial charge in [-0.05, 0) is 33.6 Å². The highest BCUT2D eigenvalue weighted by Crippen LogP contribution is 2.12. The maximum absolute atomic E-state index is 11.9. The highest BCUT2D eigenvalue weighted by atomic mass is 16.6. The molecule has 1 fully saturated rings. The monoisotopic (exact) mass is 244 g/mol. The molecule has 0 radical (unpaired) electrons. The molecule has 1 rings (SSSR count). The molecule has 0 aromatic carbocycles. The Hall–Kier alpha value is -0.810. The van der Waals surface area contributed by atoms with E-state index in [1.807, 2.05) is 20.8 Å². The van der Waals surface area contributed by atoms with E-state index in [0.717, 1.165) is 19.4 Å². The SMILES string of the molecule is CC(C)(C)OC(=O)N1CCNC(CCCO)C1. The standard InChI is InChI=1S/C12H24N2O3/c1-12(2,3)17-11(16)14-7-6-13-10(9-14)5-4-8-15/h10,13,15H,4-9H2,1-3H3. The van der Waals surface area contributed by atoms with Gasteiger partial charge in [0, 0.05) is 32.3 Å². The van der Waals surface area contributed by atoms with Crippen LogP contribution in [0.2, 0.25) is 0 Å². The van der Waals surface area contributed by atoms with E-state index in [1.165, 1.54) is 0 Å². The fourth-order valence-electron chi connectivity index (χ4n) is 1.85. The Balaban J connectivity index is 2.40. The number of carbonyl (C=O) groups excluding carboxylic acids is 1. The average molecular weight is 244 g/mol. The summed E-state index contributed by atoms with van der Waals surface area (Å²) in [6, 6.07) is 0.267. The van der Waals surface area contributed by atoms with Gasteiger partial charge >= 0.3 is 6.09 Å². The van der Waals surface area contributed by atoms with Gasteiger partial charge in [0.25, 0.3) is 0 Å². The number of nitrogens with zero attached hydrogens (tertiary/aromatic N) is 1. The maximum Gasteiger partial charge on any atom is 0.410 e. The van der Waals surface area contributed by atoms with E-state index in [2.05, 4.69) is 5.32 Å². The molecule has 0 spiro atoms. The zero-order valence-electron chi connectivity index (χ0n) is 11.0. The van der Waals surface area contributed by atoms with Crippen molar-refractivity contribution in [3.05, 3.63) is 0 Å². The molecule has 1 atom stereocenters. The maximum atomic E-state index is 11.9. The van der Waals surface area contributed by atoms with Crippen molar-refractivity contribution in [2.24, 2.45) is 0 Å². The molecule has 0 bridgehead atoms. The Morgan fingerprint density at radius 3 is 2.82 bits per heavy atom. The van der Waals surface area contributed by atoms with Gasteiger partial charge in [0.2, 0.25) is 0 Å². The van der Waals surface area contributed by atoms with Crippen molar-refractivity contribution in [2.75, 3.05) is 26.2 Å². The van der Waals surface area contributed by atoms with Crippen LogP contribution in [0.25, 0.3) is 0 Å². The van der Waals surface area contributed by atoms with Crippen LogP contribution in [0.15, 0.2) is 0 Å². The van der Waals surface area contributed by atoms with E-state index in [1.54, 1.807) is 4.90 Å². The normalized spacial score (nSPS) is 21.4. The summed E-state index contributed by atoms with van der Waals surface area (Å²) >= 11 is 0. The van der Waals surface area contributed by atoms with E-state index in [0.29, 0.717) is 13.1 Å². The smallest absolute Gasteiger partial charge is 0.410 e. The number of hydrogen-bond donors (Lipinski definition) is 2. The summed E-state index contributed by atoms with van der Waals surface area (Å²) in [5.41, 5.74) is -0.442. The molecule has 0 saturated carbocycles. The van der Waals surface area contributed by atoms with Gasteiger partial charge < -0.3 is 20.1 Å². The zero-order chi connectivity index (χ0) is 12.9. The lowest BCUT2D eigenvalue weighted by molar-refractivity contribution is 0.0191. The minimum absolute atomic E-state index is 0.199. The lowest BCUT2D eigenvalue weighted by Gasteiger charge is -2.34. The first-order chi connectivity index (χ1) is 7.92. The summed E-state index contributed by atoms with van der Waals surface area (Å²) in [6.45, 7) is 7.95. The predicted molar refractivity (Wildman–Crippen MR) is 65.9 cm³/mol. The third-order valence-corrected chi connectivity index (χ3v) is 2.62. The Bertz CT molecular complexity index is 251. The largest absolute Gasteiger partial charge is 0.444 e. The van der Waals surface area contributed by atoms with Crippen LogP contribution in [0.4, 0.5) is 4.79 Å². The van der Waals surface area contributed by atoms with Crippen molar-refractivity contribution in [2.45, 2.75) is 45.3 Å². The number of hydrogen-bond acceptors (Lipinski definition) is 4. The van der Waals surface area contributed by atoms with Crippen molar-refractivity contribution < 1.29 is 14.6 Å². The zero-order valence-corrected chi connectivity index (χ0v) is 11.0. The molecule has 5 nitrogen and oxygen atoms in total. The molecule has 0 aromatic rings. The number of piperazine rings is 1. The minimum atomic E-state index is -0.442. The summed E-state index contributed by atoms with van der Waals surface area (Å²) in [4.78, 5) is 13.6. The molecular formula is C12H24N2O3.